The number of aromatic amines is 1. The molecular weight excluding hydrogens is 218 g/mol. The van der Waals surface area contributed by atoms with Crippen molar-refractivity contribution in [2.75, 3.05) is 6.54 Å². The minimum Gasteiger partial charge on any atom is -0.330 e. The number of nitrogens with one attached hydrogen (secondary N) is 1. The highest BCUT2D eigenvalue weighted by Gasteiger charge is 2.18. The summed E-state index contributed by atoms with van der Waals surface area (Å²) in [5.74, 6) is 1.19. The number of hydrogen-bond acceptors (Lipinski definition) is 4. The van der Waals surface area contributed by atoms with Crippen LogP contribution in [0.1, 0.15) is 29.9 Å². The topological polar surface area (TPSA) is 89.1 Å². The van der Waals surface area contributed by atoms with E-state index in [1.807, 2.05) is 0 Å². The number of H-pyrrole nitrogens is 1. The zero-order valence-corrected chi connectivity index (χ0v) is 9.57. The summed E-state index contributed by atoms with van der Waals surface area (Å²) >= 11 is 0. The third kappa shape index (κ3) is 1.64. The van der Waals surface area contributed by atoms with Gasteiger partial charge in [0, 0.05) is 12.0 Å². The average molecular weight is 233 g/mol. The van der Waals surface area contributed by atoms with E-state index in [9.17, 15) is 4.79 Å². The highest BCUT2D eigenvalue weighted by Crippen LogP contribution is 2.16. The van der Waals surface area contributed by atoms with Crippen LogP contribution in [0.3, 0.4) is 0 Å². The summed E-state index contributed by atoms with van der Waals surface area (Å²) in [4.78, 5) is 21.0. The molecular formula is C11H15N5O. The van der Waals surface area contributed by atoms with Crippen molar-refractivity contribution >= 4 is 5.78 Å². The predicted octanol–water partition coefficient (Wildman–Crippen LogP) is -0.202. The van der Waals surface area contributed by atoms with Gasteiger partial charge in [0.05, 0.1) is 5.69 Å². The van der Waals surface area contributed by atoms with Gasteiger partial charge in [0.1, 0.15) is 5.82 Å². The molecule has 3 rings (SSSR count). The minimum atomic E-state index is 0.000437. The molecule has 0 spiro atoms. The second kappa shape index (κ2) is 3.96. The first-order valence-electron chi connectivity index (χ1n) is 5.99. The van der Waals surface area contributed by atoms with Crippen LogP contribution in [-0.2, 0) is 19.3 Å². The van der Waals surface area contributed by atoms with E-state index in [-0.39, 0.29) is 5.56 Å². The van der Waals surface area contributed by atoms with Crippen molar-refractivity contribution in [1.29, 1.82) is 0 Å². The van der Waals surface area contributed by atoms with E-state index in [1.165, 1.54) is 4.52 Å². The van der Waals surface area contributed by atoms with E-state index in [2.05, 4.69) is 15.1 Å². The maximum absolute atomic E-state index is 12.2. The quantitative estimate of drug-likeness (QED) is 0.751. The van der Waals surface area contributed by atoms with Gasteiger partial charge in [-0.1, -0.05) is 0 Å². The van der Waals surface area contributed by atoms with Crippen molar-refractivity contribution < 1.29 is 0 Å². The Morgan fingerprint density at radius 2 is 2.12 bits per heavy atom. The van der Waals surface area contributed by atoms with Crippen LogP contribution < -0.4 is 11.3 Å². The zero-order chi connectivity index (χ0) is 11.8. The molecule has 0 bridgehead atoms. The third-order valence-electron chi connectivity index (χ3n) is 3.19. The molecule has 90 valence electrons. The van der Waals surface area contributed by atoms with Crippen LogP contribution in [0.2, 0.25) is 0 Å². The summed E-state index contributed by atoms with van der Waals surface area (Å²) in [5, 5.41) is 2.97. The van der Waals surface area contributed by atoms with E-state index >= 15 is 0 Å². The van der Waals surface area contributed by atoms with Crippen molar-refractivity contribution in [3.63, 3.8) is 0 Å². The van der Waals surface area contributed by atoms with Crippen LogP contribution in [0.15, 0.2) is 4.79 Å². The molecule has 2 heterocycles. The lowest BCUT2D eigenvalue weighted by molar-refractivity contribution is 0.650. The highest BCUT2D eigenvalue weighted by molar-refractivity contribution is 5.33. The van der Waals surface area contributed by atoms with Gasteiger partial charge in [0.25, 0.3) is 11.3 Å². The lowest BCUT2D eigenvalue weighted by atomic mass is 9.97. The third-order valence-corrected chi connectivity index (χ3v) is 3.19. The fourth-order valence-electron chi connectivity index (χ4n) is 2.34. The van der Waals surface area contributed by atoms with Gasteiger partial charge in [0.15, 0.2) is 0 Å². The first-order chi connectivity index (χ1) is 8.29. The summed E-state index contributed by atoms with van der Waals surface area (Å²) < 4.78 is 1.44. The number of rotatable bonds is 2. The van der Waals surface area contributed by atoms with Crippen LogP contribution in [0.5, 0.6) is 0 Å². The summed E-state index contributed by atoms with van der Waals surface area (Å²) in [5.41, 5.74) is 7.24. The Hall–Kier alpha value is -1.69. The summed E-state index contributed by atoms with van der Waals surface area (Å²) in [6, 6.07) is 0. The van der Waals surface area contributed by atoms with Crippen molar-refractivity contribution in [2.24, 2.45) is 5.73 Å². The van der Waals surface area contributed by atoms with Gasteiger partial charge >= 0.3 is 0 Å². The lowest BCUT2D eigenvalue weighted by Crippen LogP contribution is -2.25. The fraction of sp³-hybridized carbons (Fsp3) is 0.545. The highest BCUT2D eigenvalue weighted by atomic mass is 16.1. The van der Waals surface area contributed by atoms with Crippen molar-refractivity contribution in [3.05, 3.63) is 27.4 Å². The van der Waals surface area contributed by atoms with Crippen molar-refractivity contribution in [3.8, 4) is 0 Å². The van der Waals surface area contributed by atoms with Crippen LogP contribution in [0, 0.1) is 0 Å². The average Bonchev–Trinajstić information content (AvgIpc) is 2.73. The second-order valence-corrected chi connectivity index (χ2v) is 4.39. The first-order valence-corrected chi connectivity index (χ1v) is 5.99. The van der Waals surface area contributed by atoms with E-state index in [4.69, 9.17) is 5.73 Å². The molecule has 6 nitrogen and oxygen atoms in total. The molecule has 0 atom stereocenters. The molecule has 0 saturated heterocycles. The predicted molar refractivity (Wildman–Crippen MR) is 63.0 cm³/mol. The van der Waals surface area contributed by atoms with Crippen LogP contribution in [0.25, 0.3) is 5.78 Å². The van der Waals surface area contributed by atoms with Crippen LogP contribution >= 0.6 is 0 Å². The molecule has 2 aromatic heterocycles. The van der Waals surface area contributed by atoms with Gasteiger partial charge in [-0.15, -0.1) is 0 Å². The normalized spacial score (nSPS) is 15.1. The van der Waals surface area contributed by atoms with Gasteiger partial charge in [-0.3, -0.25) is 9.89 Å². The molecule has 17 heavy (non-hydrogen) atoms. The fourth-order valence-corrected chi connectivity index (χ4v) is 2.34. The Bertz CT molecular complexity index is 612. The number of aryl methyl sites for hydroxylation is 1. The first kappa shape index (κ1) is 10.5. The molecule has 6 heteroatoms. The van der Waals surface area contributed by atoms with Gasteiger partial charge in [-0.05, 0) is 32.2 Å². The molecule has 0 fully saturated rings. The van der Waals surface area contributed by atoms with Gasteiger partial charge < -0.3 is 5.73 Å². The molecule has 0 aliphatic heterocycles. The van der Waals surface area contributed by atoms with E-state index < -0.39 is 0 Å². The molecule has 3 N–H and O–H groups in total. The molecule has 1 aliphatic carbocycles. The molecule has 0 unspecified atom stereocenters. The number of nitrogens with zero attached hydrogens (tertiary/aromatic N) is 3. The number of aromatic nitrogens is 4. The lowest BCUT2D eigenvalue weighted by Gasteiger charge is -2.12. The number of hydrogen-bond donors (Lipinski definition) is 2. The van der Waals surface area contributed by atoms with Crippen LogP contribution in [-0.4, -0.2) is 26.1 Å². The Morgan fingerprint density at radius 3 is 2.94 bits per heavy atom. The maximum Gasteiger partial charge on any atom is 0.277 e. The Labute approximate surface area is 97.9 Å². The largest absolute Gasteiger partial charge is 0.330 e. The molecule has 1 aliphatic rings. The monoisotopic (exact) mass is 233 g/mol. The Balaban J connectivity index is 2.22. The van der Waals surface area contributed by atoms with E-state index in [0.717, 1.165) is 42.8 Å². The smallest absolute Gasteiger partial charge is 0.277 e. The summed E-state index contributed by atoms with van der Waals surface area (Å²) in [6.07, 6.45) is 4.53. The molecule has 2 aromatic rings. The van der Waals surface area contributed by atoms with E-state index in [1.54, 1.807) is 0 Å². The Morgan fingerprint density at radius 1 is 1.29 bits per heavy atom. The molecule has 0 aromatic carbocycles. The molecule has 0 saturated carbocycles. The zero-order valence-electron chi connectivity index (χ0n) is 9.57. The van der Waals surface area contributed by atoms with Gasteiger partial charge in [-0.25, -0.2) is 4.98 Å². The van der Waals surface area contributed by atoms with Gasteiger partial charge in [0.2, 0.25) is 0 Å². The Kier molecular flexibility index (Phi) is 2.44. The SMILES string of the molecule is NCCc1nc2nc3c(c(=O)n2[nH]1)CCCC3. The van der Waals surface area contributed by atoms with Gasteiger partial charge in [-0.2, -0.15) is 9.50 Å². The second-order valence-electron chi connectivity index (χ2n) is 4.39. The number of nitrogens with two attached hydrogens (primary N) is 1. The maximum atomic E-state index is 12.2. The van der Waals surface area contributed by atoms with E-state index in [0.29, 0.717) is 18.7 Å². The molecule has 0 amide bonds. The number of fused-ring (bicyclic) bond motifs is 2. The van der Waals surface area contributed by atoms with Crippen LogP contribution in [0.4, 0.5) is 0 Å². The standard InChI is InChI=1S/C11H15N5O/c12-6-5-9-14-11-13-8-4-2-1-3-7(8)10(17)16(11)15-9/h1-6,12H2,(H,13,14,15). The minimum absolute atomic E-state index is 0.000437. The van der Waals surface area contributed by atoms with Crippen molar-refractivity contribution in [2.45, 2.75) is 32.1 Å². The molecule has 0 radical (unpaired) electrons. The summed E-state index contributed by atoms with van der Waals surface area (Å²) in [7, 11) is 0. The van der Waals surface area contributed by atoms with Crippen molar-refractivity contribution in [1.82, 2.24) is 19.6 Å². The summed E-state index contributed by atoms with van der Waals surface area (Å²) in [6.45, 7) is 0.508.